The van der Waals surface area contributed by atoms with Gasteiger partial charge in [-0.25, -0.2) is 9.97 Å². The van der Waals surface area contributed by atoms with E-state index in [9.17, 15) is 0 Å². The van der Waals surface area contributed by atoms with Crippen LogP contribution in [-0.2, 0) is 13.0 Å². The second kappa shape index (κ2) is 5.03. The van der Waals surface area contributed by atoms with Crippen molar-refractivity contribution < 1.29 is 0 Å². The standard InChI is InChI=1S/C15H20N4/c1-3-14-16-7-8-18(14)9-13-10-19(11-13)15-6-4-5-12(2)17-15/h4-8,13H,3,9-11H2,1-2H3. The molecule has 0 atom stereocenters. The summed E-state index contributed by atoms with van der Waals surface area (Å²) in [4.78, 5) is 11.3. The van der Waals surface area contributed by atoms with Crippen LogP contribution in [0, 0.1) is 12.8 Å². The molecule has 100 valence electrons. The first-order chi connectivity index (χ1) is 9.26. The molecule has 1 aliphatic heterocycles. The zero-order valence-electron chi connectivity index (χ0n) is 11.6. The molecule has 0 N–H and O–H groups in total. The Morgan fingerprint density at radius 3 is 2.89 bits per heavy atom. The van der Waals surface area contributed by atoms with Gasteiger partial charge in [-0.1, -0.05) is 13.0 Å². The van der Waals surface area contributed by atoms with Crippen LogP contribution in [0.3, 0.4) is 0 Å². The van der Waals surface area contributed by atoms with Crippen molar-refractivity contribution in [3.8, 4) is 0 Å². The van der Waals surface area contributed by atoms with Crippen LogP contribution in [0.4, 0.5) is 5.82 Å². The summed E-state index contributed by atoms with van der Waals surface area (Å²) in [6, 6.07) is 6.22. The quantitative estimate of drug-likeness (QED) is 0.841. The second-order valence-corrected chi connectivity index (χ2v) is 5.26. The van der Waals surface area contributed by atoms with Gasteiger partial charge in [-0.05, 0) is 19.1 Å². The Morgan fingerprint density at radius 2 is 2.16 bits per heavy atom. The maximum atomic E-state index is 4.57. The van der Waals surface area contributed by atoms with E-state index in [1.807, 2.05) is 19.2 Å². The number of rotatable bonds is 4. The van der Waals surface area contributed by atoms with Crippen molar-refractivity contribution in [1.82, 2.24) is 14.5 Å². The summed E-state index contributed by atoms with van der Waals surface area (Å²) in [5.74, 6) is 3.01. The lowest BCUT2D eigenvalue weighted by Crippen LogP contribution is -2.49. The Morgan fingerprint density at radius 1 is 1.32 bits per heavy atom. The average molecular weight is 256 g/mol. The summed E-state index contributed by atoms with van der Waals surface area (Å²) in [5, 5.41) is 0. The average Bonchev–Trinajstić information content (AvgIpc) is 2.80. The van der Waals surface area contributed by atoms with Gasteiger partial charge >= 0.3 is 0 Å². The van der Waals surface area contributed by atoms with Gasteiger partial charge in [0.25, 0.3) is 0 Å². The third kappa shape index (κ3) is 2.48. The van der Waals surface area contributed by atoms with Crippen molar-refractivity contribution in [1.29, 1.82) is 0 Å². The minimum atomic E-state index is 0.710. The van der Waals surface area contributed by atoms with Gasteiger partial charge in [-0.3, -0.25) is 0 Å². The highest BCUT2D eigenvalue weighted by molar-refractivity contribution is 5.42. The van der Waals surface area contributed by atoms with Gasteiger partial charge in [0, 0.05) is 50.1 Å². The predicted octanol–water partition coefficient (Wildman–Crippen LogP) is 2.29. The largest absolute Gasteiger partial charge is 0.356 e. The monoisotopic (exact) mass is 256 g/mol. The Hall–Kier alpha value is -1.84. The van der Waals surface area contributed by atoms with Crippen LogP contribution in [0.25, 0.3) is 0 Å². The summed E-state index contributed by atoms with van der Waals surface area (Å²) in [7, 11) is 0. The number of aryl methyl sites for hydroxylation is 2. The molecule has 4 nitrogen and oxygen atoms in total. The minimum absolute atomic E-state index is 0.710. The molecule has 0 aromatic carbocycles. The van der Waals surface area contributed by atoms with Crippen LogP contribution < -0.4 is 4.90 Å². The fraction of sp³-hybridized carbons (Fsp3) is 0.467. The fourth-order valence-electron chi connectivity index (χ4n) is 2.68. The molecule has 0 radical (unpaired) electrons. The molecule has 0 aliphatic carbocycles. The van der Waals surface area contributed by atoms with Crippen molar-refractivity contribution in [3.63, 3.8) is 0 Å². The number of imidazole rings is 1. The normalized spacial score (nSPS) is 15.6. The number of pyridine rings is 1. The van der Waals surface area contributed by atoms with Crippen LogP contribution >= 0.6 is 0 Å². The number of hydrogen-bond acceptors (Lipinski definition) is 3. The predicted molar refractivity (Wildman–Crippen MR) is 76.3 cm³/mol. The first-order valence-corrected chi connectivity index (χ1v) is 6.95. The Kier molecular flexibility index (Phi) is 3.23. The van der Waals surface area contributed by atoms with Crippen LogP contribution in [0.1, 0.15) is 18.4 Å². The molecule has 1 fully saturated rings. The van der Waals surface area contributed by atoms with Gasteiger partial charge in [0.1, 0.15) is 11.6 Å². The maximum absolute atomic E-state index is 4.57. The molecule has 1 aliphatic rings. The molecule has 3 rings (SSSR count). The van der Waals surface area contributed by atoms with E-state index < -0.39 is 0 Å². The van der Waals surface area contributed by atoms with E-state index in [-0.39, 0.29) is 0 Å². The lowest BCUT2D eigenvalue weighted by atomic mass is 10.00. The van der Waals surface area contributed by atoms with E-state index >= 15 is 0 Å². The first kappa shape index (κ1) is 12.2. The number of hydrogen-bond donors (Lipinski definition) is 0. The lowest BCUT2D eigenvalue weighted by Gasteiger charge is -2.40. The highest BCUT2D eigenvalue weighted by Crippen LogP contribution is 2.24. The van der Waals surface area contributed by atoms with Gasteiger partial charge in [-0.15, -0.1) is 0 Å². The maximum Gasteiger partial charge on any atom is 0.128 e. The van der Waals surface area contributed by atoms with Crippen LogP contribution in [-0.4, -0.2) is 27.6 Å². The molecule has 2 aromatic rings. The summed E-state index contributed by atoms with van der Waals surface area (Å²) in [6.45, 7) is 7.46. The summed E-state index contributed by atoms with van der Waals surface area (Å²) in [6.07, 6.45) is 4.99. The Bertz CT molecular complexity index is 555. The van der Waals surface area contributed by atoms with E-state index in [0.717, 1.165) is 37.6 Å². The van der Waals surface area contributed by atoms with E-state index in [0.29, 0.717) is 5.92 Å². The highest BCUT2D eigenvalue weighted by atomic mass is 15.2. The molecular formula is C15H20N4. The lowest BCUT2D eigenvalue weighted by molar-refractivity contribution is 0.351. The SMILES string of the molecule is CCc1nccn1CC1CN(c2cccc(C)n2)C1. The van der Waals surface area contributed by atoms with E-state index in [1.165, 1.54) is 5.82 Å². The molecule has 4 heteroatoms. The summed E-state index contributed by atoms with van der Waals surface area (Å²) >= 11 is 0. The molecule has 0 amide bonds. The zero-order chi connectivity index (χ0) is 13.2. The molecular weight excluding hydrogens is 236 g/mol. The number of nitrogens with zero attached hydrogens (tertiary/aromatic N) is 4. The fourth-order valence-corrected chi connectivity index (χ4v) is 2.68. The van der Waals surface area contributed by atoms with E-state index in [1.54, 1.807) is 0 Å². The smallest absolute Gasteiger partial charge is 0.128 e. The van der Waals surface area contributed by atoms with Gasteiger partial charge in [0.05, 0.1) is 0 Å². The van der Waals surface area contributed by atoms with Crippen LogP contribution in [0.2, 0.25) is 0 Å². The van der Waals surface area contributed by atoms with Gasteiger partial charge in [-0.2, -0.15) is 0 Å². The van der Waals surface area contributed by atoms with Gasteiger partial charge in [0.15, 0.2) is 0 Å². The molecule has 19 heavy (non-hydrogen) atoms. The number of aromatic nitrogens is 3. The van der Waals surface area contributed by atoms with Crippen LogP contribution in [0.15, 0.2) is 30.6 Å². The van der Waals surface area contributed by atoms with E-state index in [4.69, 9.17) is 0 Å². The van der Waals surface area contributed by atoms with Gasteiger partial charge in [0.2, 0.25) is 0 Å². The number of anilines is 1. The van der Waals surface area contributed by atoms with Crippen molar-refractivity contribution in [2.75, 3.05) is 18.0 Å². The van der Waals surface area contributed by atoms with E-state index in [2.05, 4.69) is 44.7 Å². The minimum Gasteiger partial charge on any atom is -0.356 e. The van der Waals surface area contributed by atoms with Gasteiger partial charge < -0.3 is 9.47 Å². The van der Waals surface area contributed by atoms with Crippen LogP contribution in [0.5, 0.6) is 0 Å². The Labute approximate surface area is 114 Å². The molecule has 3 heterocycles. The molecule has 0 unspecified atom stereocenters. The summed E-state index contributed by atoms with van der Waals surface area (Å²) < 4.78 is 2.28. The molecule has 0 saturated carbocycles. The Balaban J connectivity index is 1.58. The third-order valence-corrected chi connectivity index (χ3v) is 3.73. The third-order valence-electron chi connectivity index (χ3n) is 3.73. The highest BCUT2D eigenvalue weighted by Gasteiger charge is 2.28. The summed E-state index contributed by atoms with van der Waals surface area (Å²) in [5.41, 5.74) is 1.09. The van der Waals surface area contributed by atoms with Crippen molar-refractivity contribution in [3.05, 3.63) is 42.1 Å². The van der Waals surface area contributed by atoms with Crippen molar-refractivity contribution >= 4 is 5.82 Å². The molecule has 2 aromatic heterocycles. The van der Waals surface area contributed by atoms with Crippen molar-refractivity contribution in [2.45, 2.75) is 26.8 Å². The molecule has 1 saturated heterocycles. The molecule has 0 bridgehead atoms. The zero-order valence-corrected chi connectivity index (χ0v) is 11.6. The second-order valence-electron chi connectivity index (χ2n) is 5.26. The molecule has 0 spiro atoms. The topological polar surface area (TPSA) is 34.0 Å². The van der Waals surface area contributed by atoms with Crippen molar-refractivity contribution in [2.24, 2.45) is 5.92 Å². The first-order valence-electron chi connectivity index (χ1n) is 6.95.